The molecule has 2 aliphatic heterocycles. The van der Waals surface area contributed by atoms with E-state index in [1.54, 1.807) is 18.2 Å². The van der Waals surface area contributed by atoms with Gasteiger partial charge in [-0.2, -0.15) is 0 Å². The highest BCUT2D eigenvalue weighted by molar-refractivity contribution is 6.31. The van der Waals surface area contributed by atoms with Crippen LogP contribution < -0.4 is 10.6 Å². The normalized spacial score (nSPS) is 23.5. The van der Waals surface area contributed by atoms with Crippen LogP contribution in [0.5, 0.6) is 0 Å². The number of hydrogen-bond donors (Lipinski definition) is 3. The third kappa shape index (κ3) is 3.69. The fourth-order valence-electron chi connectivity index (χ4n) is 4.32. The van der Waals surface area contributed by atoms with Gasteiger partial charge in [0.25, 0.3) is 5.91 Å². The molecule has 2 aliphatic rings. The van der Waals surface area contributed by atoms with E-state index in [4.69, 9.17) is 11.6 Å². The Morgan fingerprint density at radius 3 is 2.83 bits per heavy atom. The van der Waals surface area contributed by atoms with E-state index in [9.17, 15) is 19.1 Å². The molecule has 30 heavy (non-hydrogen) atoms. The van der Waals surface area contributed by atoms with Gasteiger partial charge in [0.15, 0.2) is 0 Å². The van der Waals surface area contributed by atoms with Crippen LogP contribution in [0.3, 0.4) is 0 Å². The Labute approximate surface area is 179 Å². The van der Waals surface area contributed by atoms with Crippen LogP contribution in [0.1, 0.15) is 47.8 Å². The first-order chi connectivity index (χ1) is 14.3. The van der Waals surface area contributed by atoms with E-state index < -0.39 is 24.0 Å². The van der Waals surface area contributed by atoms with Crippen LogP contribution in [0, 0.1) is 5.82 Å². The molecular weight excluding hydrogens is 409 g/mol. The maximum atomic E-state index is 13.9. The van der Waals surface area contributed by atoms with E-state index in [1.165, 1.54) is 18.2 Å². The minimum Gasteiger partial charge on any atom is -0.392 e. The van der Waals surface area contributed by atoms with Crippen LogP contribution >= 0.6 is 11.6 Å². The zero-order chi connectivity index (χ0) is 21.6. The summed E-state index contributed by atoms with van der Waals surface area (Å²) in [6.45, 7) is 4.39. The molecular formula is C22H23ClFN3O3. The molecule has 2 aromatic rings. The summed E-state index contributed by atoms with van der Waals surface area (Å²) in [5.74, 6) is -1.03. The lowest BCUT2D eigenvalue weighted by atomic mass is 9.96. The summed E-state index contributed by atoms with van der Waals surface area (Å²) in [6.07, 6.45) is -0.221. The Balaban J connectivity index is 1.69. The number of likely N-dealkylation sites (tertiary alicyclic amines) is 1. The molecule has 1 saturated heterocycles. The SMILES string of the molecule is CC(C)N1C[C@H](O)C[C@H]1C(=O)Nc1cccc2c1[C@@H](c1cc(F)ccc1Cl)NC2=O. The van der Waals surface area contributed by atoms with Gasteiger partial charge >= 0.3 is 0 Å². The van der Waals surface area contributed by atoms with E-state index in [-0.39, 0.29) is 17.9 Å². The second-order valence-corrected chi connectivity index (χ2v) is 8.43. The highest BCUT2D eigenvalue weighted by Gasteiger charge is 2.39. The van der Waals surface area contributed by atoms with Crippen LogP contribution in [0.15, 0.2) is 36.4 Å². The van der Waals surface area contributed by atoms with Crippen LogP contribution in [0.25, 0.3) is 0 Å². The van der Waals surface area contributed by atoms with Gasteiger partial charge in [-0.25, -0.2) is 4.39 Å². The van der Waals surface area contributed by atoms with E-state index in [0.29, 0.717) is 40.4 Å². The number of nitrogens with one attached hydrogen (secondary N) is 2. The lowest BCUT2D eigenvalue weighted by molar-refractivity contribution is -0.120. The maximum absolute atomic E-state index is 13.9. The van der Waals surface area contributed by atoms with Crippen molar-refractivity contribution < 1.29 is 19.1 Å². The summed E-state index contributed by atoms with van der Waals surface area (Å²) < 4.78 is 13.9. The average Bonchev–Trinajstić information content (AvgIpc) is 3.25. The van der Waals surface area contributed by atoms with Gasteiger partial charge in [0.1, 0.15) is 5.82 Å². The fourth-order valence-corrected chi connectivity index (χ4v) is 4.54. The largest absolute Gasteiger partial charge is 0.392 e. The third-order valence-corrected chi connectivity index (χ3v) is 6.07. The molecule has 1 fully saturated rings. The maximum Gasteiger partial charge on any atom is 0.252 e. The van der Waals surface area contributed by atoms with Gasteiger partial charge in [0.05, 0.1) is 18.2 Å². The molecule has 0 unspecified atom stereocenters. The van der Waals surface area contributed by atoms with Crippen molar-refractivity contribution in [3.63, 3.8) is 0 Å². The standard InChI is InChI=1S/C22H23ClFN3O3/c1-11(2)27-10-13(28)9-18(27)22(30)25-17-5-3-4-14-19(17)20(26-21(14)29)15-8-12(24)6-7-16(15)23/h3-8,11,13,18,20,28H,9-10H2,1-2H3,(H,25,30)(H,26,29)/t13-,18+,20-/m1/s1. The summed E-state index contributed by atoms with van der Waals surface area (Å²) in [4.78, 5) is 27.5. The summed E-state index contributed by atoms with van der Waals surface area (Å²) >= 11 is 6.28. The number of rotatable bonds is 4. The Morgan fingerprint density at radius 1 is 1.33 bits per heavy atom. The lowest BCUT2D eigenvalue weighted by Crippen LogP contribution is -2.43. The molecule has 0 aromatic heterocycles. The van der Waals surface area contributed by atoms with E-state index in [2.05, 4.69) is 10.6 Å². The molecule has 6 nitrogen and oxygen atoms in total. The molecule has 158 valence electrons. The predicted octanol–water partition coefficient (Wildman–Crippen LogP) is 3.09. The number of aliphatic hydroxyl groups excluding tert-OH is 1. The molecule has 0 spiro atoms. The number of carbonyl (C=O) groups excluding carboxylic acids is 2. The molecule has 2 amide bonds. The molecule has 2 heterocycles. The molecule has 0 saturated carbocycles. The van der Waals surface area contributed by atoms with E-state index in [1.807, 2.05) is 18.7 Å². The first kappa shape index (κ1) is 20.8. The Morgan fingerprint density at radius 2 is 2.10 bits per heavy atom. The first-order valence-electron chi connectivity index (χ1n) is 9.89. The summed E-state index contributed by atoms with van der Waals surface area (Å²) in [5.41, 5.74) is 1.85. The van der Waals surface area contributed by atoms with Gasteiger partial charge in [0.2, 0.25) is 5.91 Å². The summed E-state index contributed by atoms with van der Waals surface area (Å²) in [7, 11) is 0. The van der Waals surface area contributed by atoms with Crippen molar-refractivity contribution >= 4 is 29.1 Å². The van der Waals surface area contributed by atoms with Gasteiger partial charge in [-0.1, -0.05) is 17.7 Å². The number of carbonyl (C=O) groups is 2. The monoisotopic (exact) mass is 431 g/mol. The van der Waals surface area contributed by atoms with Gasteiger partial charge in [0, 0.05) is 40.0 Å². The smallest absolute Gasteiger partial charge is 0.252 e. The minimum atomic E-state index is -0.678. The van der Waals surface area contributed by atoms with Gasteiger partial charge in [-0.05, 0) is 50.6 Å². The van der Waals surface area contributed by atoms with E-state index in [0.717, 1.165) is 0 Å². The number of amides is 2. The lowest BCUT2D eigenvalue weighted by Gasteiger charge is -2.27. The highest BCUT2D eigenvalue weighted by Crippen LogP contribution is 2.39. The Bertz CT molecular complexity index is 1010. The van der Waals surface area contributed by atoms with Crippen molar-refractivity contribution in [3.05, 3.63) is 63.9 Å². The summed E-state index contributed by atoms with van der Waals surface area (Å²) in [5, 5.41) is 16.1. The van der Waals surface area contributed by atoms with Crippen LogP contribution in [-0.4, -0.2) is 46.6 Å². The van der Waals surface area contributed by atoms with Crippen molar-refractivity contribution in [2.75, 3.05) is 11.9 Å². The quantitative estimate of drug-likeness (QED) is 0.694. The molecule has 0 aliphatic carbocycles. The number of fused-ring (bicyclic) bond motifs is 1. The zero-order valence-corrected chi connectivity index (χ0v) is 17.4. The second-order valence-electron chi connectivity index (χ2n) is 8.02. The van der Waals surface area contributed by atoms with E-state index >= 15 is 0 Å². The average molecular weight is 432 g/mol. The number of nitrogens with zero attached hydrogens (tertiary/aromatic N) is 1. The number of halogens is 2. The Kier molecular flexibility index (Phi) is 5.53. The first-order valence-corrected chi connectivity index (χ1v) is 10.3. The van der Waals surface area contributed by atoms with Crippen molar-refractivity contribution in [1.82, 2.24) is 10.2 Å². The number of β-amino-alcohol motifs (C(OH)–C–C–N with tert-alkyl or cyclic N) is 1. The molecule has 0 bridgehead atoms. The summed E-state index contributed by atoms with van der Waals surface area (Å²) in [6, 6.07) is 7.99. The van der Waals surface area contributed by atoms with Gasteiger partial charge < -0.3 is 15.7 Å². The predicted molar refractivity (Wildman–Crippen MR) is 112 cm³/mol. The van der Waals surface area contributed by atoms with Crippen LogP contribution in [0.2, 0.25) is 5.02 Å². The molecule has 3 atom stereocenters. The minimum absolute atomic E-state index is 0.0986. The fraction of sp³-hybridized carbons (Fsp3) is 0.364. The van der Waals surface area contributed by atoms with Gasteiger partial charge in [-0.3, -0.25) is 14.5 Å². The molecule has 3 N–H and O–H groups in total. The van der Waals surface area contributed by atoms with Gasteiger partial charge in [-0.15, -0.1) is 0 Å². The molecule has 4 rings (SSSR count). The van der Waals surface area contributed by atoms with Crippen LogP contribution in [-0.2, 0) is 4.79 Å². The number of aliphatic hydroxyl groups is 1. The zero-order valence-electron chi connectivity index (χ0n) is 16.7. The highest BCUT2D eigenvalue weighted by atomic mass is 35.5. The topological polar surface area (TPSA) is 81.7 Å². The number of benzene rings is 2. The second kappa shape index (κ2) is 7.98. The Hall–Kier alpha value is -2.48. The molecule has 2 aromatic carbocycles. The van der Waals surface area contributed by atoms with Crippen molar-refractivity contribution in [3.8, 4) is 0 Å². The van der Waals surface area contributed by atoms with Crippen LogP contribution in [0.4, 0.5) is 10.1 Å². The molecule has 0 radical (unpaired) electrons. The third-order valence-electron chi connectivity index (χ3n) is 5.72. The van der Waals surface area contributed by atoms with Crippen molar-refractivity contribution in [1.29, 1.82) is 0 Å². The van der Waals surface area contributed by atoms with Crippen molar-refractivity contribution in [2.45, 2.75) is 44.5 Å². The molecule has 8 heteroatoms. The number of anilines is 1. The van der Waals surface area contributed by atoms with Crippen molar-refractivity contribution in [2.24, 2.45) is 0 Å². The number of hydrogen-bond acceptors (Lipinski definition) is 4.